The van der Waals surface area contributed by atoms with E-state index in [1.807, 2.05) is 0 Å². The van der Waals surface area contributed by atoms with Crippen LogP contribution >= 0.6 is 0 Å². The number of aliphatic hydroxyl groups excluding tert-OH is 1. The molecule has 0 aromatic carbocycles. The van der Waals surface area contributed by atoms with E-state index in [0.29, 0.717) is 5.41 Å². The van der Waals surface area contributed by atoms with Crippen molar-refractivity contribution >= 4 is 0 Å². The first-order valence-electron chi connectivity index (χ1n) is 8.54. The zero-order valence-electron chi connectivity index (χ0n) is 13.7. The first-order valence-corrected chi connectivity index (χ1v) is 8.54. The van der Waals surface area contributed by atoms with Gasteiger partial charge in [-0.25, -0.2) is 0 Å². The Kier molecular flexibility index (Phi) is 5.49. The highest BCUT2D eigenvalue weighted by atomic mass is 16.3. The maximum atomic E-state index is 9.77. The van der Waals surface area contributed by atoms with Crippen LogP contribution in [0, 0.1) is 5.41 Å². The normalized spacial score (nSPS) is 28.5. The third-order valence-corrected chi connectivity index (χ3v) is 4.96. The monoisotopic (exact) mass is 282 g/mol. The molecule has 1 heterocycles. The quantitative estimate of drug-likeness (QED) is 0.778. The summed E-state index contributed by atoms with van der Waals surface area (Å²) in [6, 6.07) is 0. The summed E-state index contributed by atoms with van der Waals surface area (Å²) >= 11 is 0. The molecule has 2 aliphatic rings. The first kappa shape index (κ1) is 16.3. The van der Waals surface area contributed by atoms with Crippen LogP contribution < -0.4 is 5.32 Å². The van der Waals surface area contributed by atoms with Crippen LogP contribution in [0.5, 0.6) is 0 Å². The summed E-state index contributed by atoms with van der Waals surface area (Å²) in [6.45, 7) is 11.1. The highest BCUT2D eigenvalue weighted by molar-refractivity contribution is 4.91. The second-order valence-electron chi connectivity index (χ2n) is 8.20. The lowest BCUT2D eigenvalue weighted by Crippen LogP contribution is -2.48. The molecule has 0 radical (unpaired) electrons. The number of nitrogens with zero attached hydrogens (tertiary/aromatic N) is 1. The number of hydrogen-bond acceptors (Lipinski definition) is 3. The Bertz CT molecular complexity index is 290. The van der Waals surface area contributed by atoms with Gasteiger partial charge < -0.3 is 15.3 Å². The molecule has 20 heavy (non-hydrogen) atoms. The molecular formula is C17H34N2O. The summed E-state index contributed by atoms with van der Waals surface area (Å²) in [5.41, 5.74) is 0.623. The molecule has 0 bridgehead atoms. The third kappa shape index (κ3) is 5.01. The predicted molar refractivity (Wildman–Crippen MR) is 85.0 cm³/mol. The molecule has 1 aliphatic heterocycles. The van der Waals surface area contributed by atoms with Crippen molar-refractivity contribution in [3.8, 4) is 0 Å². The van der Waals surface area contributed by atoms with Crippen molar-refractivity contribution in [2.24, 2.45) is 5.41 Å². The number of likely N-dealkylation sites (tertiary alicyclic amines) is 1. The summed E-state index contributed by atoms with van der Waals surface area (Å²) in [4.78, 5) is 2.50. The molecule has 2 N–H and O–H groups in total. The lowest BCUT2D eigenvalue weighted by Gasteiger charge is -2.39. The molecule has 1 aliphatic carbocycles. The van der Waals surface area contributed by atoms with Crippen molar-refractivity contribution in [3.63, 3.8) is 0 Å². The van der Waals surface area contributed by atoms with Crippen LogP contribution in [0.1, 0.15) is 65.7 Å². The van der Waals surface area contributed by atoms with Gasteiger partial charge in [-0.3, -0.25) is 0 Å². The van der Waals surface area contributed by atoms with Gasteiger partial charge in [0, 0.05) is 31.7 Å². The molecular weight excluding hydrogens is 248 g/mol. The SMILES string of the molecule is CC(C)(C)NCC1(CN2CCC(O)C2)CCCCCC1. The molecule has 118 valence electrons. The van der Waals surface area contributed by atoms with Gasteiger partial charge in [-0.05, 0) is 45.4 Å². The Morgan fingerprint density at radius 3 is 2.30 bits per heavy atom. The van der Waals surface area contributed by atoms with Crippen molar-refractivity contribution in [2.45, 2.75) is 77.4 Å². The van der Waals surface area contributed by atoms with E-state index >= 15 is 0 Å². The molecule has 0 aromatic rings. The largest absolute Gasteiger partial charge is 0.392 e. The topological polar surface area (TPSA) is 35.5 Å². The standard InChI is InChI=1S/C17H34N2O/c1-16(2,3)18-13-17(9-6-4-5-7-10-17)14-19-11-8-15(20)12-19/h15,18,20H,4-14H2,1-3H3. The van der Waals surface area contributed by atoms with E-state index in [9.17, 15) is 5.11 Å². The number of aliphatic hydroxyl groups is 1. The van der Waals surface area contributed by atoms with Crippen LogP contribution in [-0.4, -0.2) is 47.8 Å². The van der Waals surface area contributed by atoms with E-state index < -0.39 is 0 Å². The molecule has 1 saturated heterocycles. The fourth-order valence-electron chi connectivity index (χ4n) is 3.75. The number of rotatable bonds is 4. The van der Waals surface area contributed by atoms with Crippen LogP contribution in [0.3, 0.4) is 0 Å². The van der Waals surface area contributed by atoms with E-state index in [0.717, 1.165) is 26.1 Å². The van der Waals surface area contributed by atoms with E-state index in [1.165, 1.54) is 45.1 Å². The average molecular weight is 282 g/mol. The summed E-state index contributed by atoms with van der Waals surface area (Å²) in [5, 5.41) is 13.5. The molecule has 1 saturated carbocycles. The Hall–Kier alpha value is -0.120. The Morgan fingerprint density at radius 1 is 1.15 bits per heavy atom. The van der Waals surface area contributed by atoms with Gasteiger partial charge in [0.05, 0.1) is 6.10 Å². The maximum absolute atomic E-state index is 9.77. The van der Waals surface area contributed by atoms with Gasteiger partial charge in [0.1, 0.15) is 0 Å². The Labute approximate surface area is 125 Å². The van der Waals surface area contributed by atoms with Crippen molar-refractivity contribution in [3.05, 3.63) is 0 Å². The molecule has 0 aromatic heterocycles. The maximum Gasteiger partial charge on any atom is 0.0679 e. The summed E-state index contributed by atoms with van der Waals surface area (Å²) < 4.78 is 0. The Morgan fingerprint density at radius 2 is 1.80 bits per heavy atom. The second-order valence-corrected chi connectivity index (χ2v) is 8.20. The molecule has 3 heteroatoms. The first-order chi connectivity index (χ1) is 9.39. The van der Waals surface area contributed by atoms with E-state index in [2.05, 4.69) is 31.0 Å². The van der Waals surface area contributed by atoms with Crippen molar-refractivity contribution in [1.29, 1.82) is 0 Å². The van der Waals surface area contributed by atoms with E-state index in [1.54, 1.807) is 0 Å². The van der Waals surface area contributed by atoms with Gasteiger partial charge in [0.25, 0.3) is 0 Å². The summed E-state index contributed by atoms with van der Waals surface area (Å²) in [7, 11) is 0. The number of β-amino-alcohol motifs (C(OH)–C–C–N with tert-alkyl or cyclic N) is 1. The van der Waals surface area contributed by atoms with Crippen LogP contribution in [0.25, 0.3) is 0 Å². The van der Waals surface area contributed by atoms with Crippen molar-refractivity contribution < 1.29 is 5.11 Å². The van der Waals surface area contributed by atoms with E-state index in [-0.39, 0.29) is 11.6 Å². The van der Waals surface area contributed by atoms with E-state index in [4.69, 9.17) is 0 Å². The average Bonchev–Trinajstić information content (AvgIpc) is 2.62. The smallest absolute Gasteiger partial charge is 0.0679 e. The zero-order valence-corrected chi connectivity index (χ0v) is 13.7. The summed E-state index contributed by atoms with van der Waals surface area (Å²) in [6.07, 6.45) is 9.13. The van der Waals surface area contributed by atoms with Crippen LogP contribution in [0.4, 0.5) is 0 Å². The van der Waals surface area contributed by atoms with Crippen LogP contribution in [-0.2, 0) is 0 Å². The van der Waals surface area contributed by atoms with Gasteiger partial charge in [0.15, 0.2) is 0 Å². The third-order valence-electron chi connectivity index (χ3n) is 4.96. The lowest BCUT2D eigenvalue weighted by molar-refractivity contribution is 0.117. The van der Waals surface area contributed by atoms with Crippen LogP contribution in [0.2, 0.25) is 0 Å². The molecule has 1 atom stereocenters. The second kappa shape index (κ2) is 6.76. The minimum Gasteiger partial charge on any atom is -0.392 e. The fourth-order valence-corrected chi connectivity index (χ4v) is 3.75. The van der Waals surface area contributed by atoms with Crippen LogP contribution in [0.15, 0.2) is 0 Å². The fraction of sp³-hybridized carbons (Fsp3) is 1.00. The Balaban J connectivity index is 1.98. The van der Waals surface area contributed by atoms with Crippen molar-refractivity contribution in [2.75, 3.05) is 26.2 Å². The predicted octanol–water partition coefficient (Wildman–Crippen LogP) is 2.78. The number of hydrogen-bond donors (Lipinski definition) is 2. The minimum absolute atomic E-state index is 0.0894. The lowest BCUT2D eigenvalue weighted by atomic mass is 9.79. The van der Waals surface area contributed by atoms with Gasteiger partial charge >= 0.3 is 0 Å². The summed E-state index contributed by atoms with van der Waals surface area (Å²) in [5.74, 6) is 0. The highest BCUT2D eigenvalue weighted by Crippen LogP contribution is 2.36. The molecule has 1 unspecified atom stereocenters. The minimum atomic E-state index is -0.0894. The molecule has 2 rings (SSSR count). The van der Waals surface area contributed by atoms with Gasteiger partial charge in [0.2, 0.25) is 0 Å². The van der Waals surface area contributed by atoms with Gasteiger partial charge in [-0.1, -0.05) is 25.7 Å². The molecule has 0 spiro atoms. The molecule has 3 nitrogen and oxygen atoms in total. The van der Waals surface area contributed by atoms with Gasteiger partial charge in [-0.2, -0.15) is 0 Å². The van der Waals surface area contributed by atoms with Crippen molar-refractivity contribution in [1.82, 2.24) is 10.2 Å². The zero-order chi connectivity index (χ0) is 14.6. The number of nitrogens with one attached hydrogen (secondary N) is 1. The molecule has 0 amide bonds. The molecule has 2 fully saturated rings. The highest BCUT2D eigenvalue weighted by Gasteiger charge is 2.35. The van der Waals surface area contributed by atoms with Gasteiger partial charge in [-0.15, -0.1) is 0 Å².